The van der Waals surface area contributed by atoms with Crippen molar-refractivity contribution in [2.24, 2.45) is 0 Å². The summed E-state index contributed by atoms with van der Waals surface area (Å²) >= 11 is 6.80. The van der Waals surface area contributed by atoms with Gasteiger partial charge in [-0.15, -0.1) is 5.10 Å². The maximum atomic E-state index is 13.9. The number of alkyl carbamates (subject to hydrolysis) is 1. The predicted molar refractivity (Wildman–Crippen MR) is 171 cm³/mol. The SMILES string of the molecule is [2H][C@@](Nc1cc(Cl)c2ncc(C#N)c(N[C@@H]3CCCC[C@@H]3NC(=O)OC(C)(C)C)c2c1)(c1ccc(F)cc1)c1cn(C2CC2)nn1. The summed E-state index contributed by atoms with van der Waals surface area (Å²) in [5, 5.41) is 29.4. The number of nitriles is 1. The fourth-order valence-corrected chi connectivity index (χ4v) is 5.91. The first-order valence-corrected chi connectivity index (χ1v) is 15.6. The summed E-state index contributed by atoms with van der Waals surface area (Å²) in [5.41, 5.74) is 1.92. The number of nitrogens with one attached hydrogen (secondary N) is 3. The Labute approximate surface area is 267 Å². The Balaban J connectivity index is 1.38. The van der Waals surface area contributed by atoms with E-state index in [1.807, 2.05) is 20.8 Å². The van der Waals surface area contributed by atoms with Crippen molar-refractivity contribution in [3.8, 4) is 6.07 Å². The van der Waals surface area contributed by atoms with Crippen molar-refractivity contribution in [1.82, 2.24) is 25.3 Å². The van der Waals surface area contributed by atoms with Crippen LogP contribution in [0.4, 0.5) is 20.6 Å². The number of carbonyl (C=O) groups is 1. The van der Waals surface area contributed by atoms with E-state index in [9.17, 15) is 15.8 Å². The predicted octanol–water partition coefficient (Wildman–Crippen LogP) is 7.27. The zero-order valence-corrected chi connectivity index (χ0v) is 26.2. The maximum Gasteiger partial charge on any atom is 0.407 e. The Kier molecular flexibility index (Phi) is 8.15. The fraction of sp³-hybridized carbons (Fsp3) is 0.424. The van der Waals surface area contributed by atoms with Gasteiger partial charge >= 0.3 is 6.09 Å². The lowest BCUT2D eigenvalue weighted by Gasteiger charge is -2.34. The second-order valence-electron chi connectivity index (χ2n) is 12.6. The largest absolute Gasteiger partial charge is 0.444 e. The average Bonchev–Trinajstić information content (AvgIpc) is 3.73. The van der Waals surface area contributed by atoms with Crippen molar-refractivity contribution in [2.75, 3.05) is 10.6 Å². The minimum absolute atomic E-state index is 0.193. The third kappa shape index (κ3) is 7.12. The zero-order valence-electron chi connectivity index (χ0n) is 26.4. The molecule has 0 saturated heterocycles. The molecular weight excluding hydrogens is 595 g/mol. The third-order valence-corrected chi connectivity index (χ3v) is 8.22. The molecule has 0 aliphatic heterocycles. The molecule has 2 heterocycles. The van der Waals surface area contributed by atoms with Crippen molar-refractivity contribution in [1.29, 1.82) is 5.26 Å². The van der Waals surface area contributed by atoms with Crippen LogP contribution >= 0.6 is 11.6 Å². The Morgan fingerprint density at radius 1 is 1.18 bits per heavy atom. The van der Waals surface area contributed by atoms with E-state index >= 15 is 0 Å². The van der Waals surface area contributed by atoms with Crippen LogP contribution in [0.15, 0.2) is 48.8 Å². The number of pyridine rings is 1. The number of aromatic nitrogens is 4. The highest BCUT2D eigenvalue weighted by Crippen LogP contribution is 2.38. The standard InChI is InChI=1S/C33H36ClFN8O2/c1-33(2,3)45-32(44)40-27-7-5-4-6-26(27)39-29-20(16-36)17-37-31-24(29)14-22(15-25(31)34)38-30(19-8-10-21(35)11-9-19)28-18-43(42-41-28)23-12-13-23/h8-11,14-15,17-18,23,26-27,30,38H,4-7,12-13H2,1-3H3,(H,37,39)(H,40,44)/t26-,27+,30-/m1/s1/i30D. The van der Waals surface area contributed by atoms with Crippen LogP contribution in [0.3, 0.4) is 0 Å². The van der Waals surface area contributed by atoms with Gasteiger partial charge in [0.05, 0.1) is 47.5 Å². The molecule has 3 atom stereocenters. The average molecular weight is 632 g/mol. The van der Waals surface area contributed by atoms with Crippen molar-refractivity contribution >= 4 is 40.0 Å². The number of benzene rings is 2. The molecule has 2 saturated carbocycles. The third-order valence-electron chi connectivity index (χ3n) is 7.93. The molecule has 12 heteroatoms. The number of fused-ring (bicyclic) bond motifs is 1. The van der Waals surface area contributed by atoms with Crippen LogP contribution < -0.4 is 16.0 Å². The van der Waals surface area contributed by atoms with E-state index in [1.54, 1.807) is 23.0 Å². The van der Waals surface area contributed by atoms with Crippen LogP contribution in [0.25, 0.3) is 10.9 Å². The van der Waals surface area contributed by atoms with Gasteiger partial charge in [-0.1, -0.05) is 41.8 Å². The lowest BCUT2D eigenvalue weighted by Crippen LogP contribution is -2.49. The Morgan fingerprint density at radius 2 is 1.91 bits per heavy atom. The van der Waals surface area contributed by atoms with Crippen molar-refractivity contribution in [3.63, 3.8) is 0 Å². The smallest absolute Gasteiger partial charge is 0.407 e. The molecule has 0 bridgehead atoms. The number of amides is 1. The summed E-state index contributed by atoms with van der Waals surface area (Å²) in [5.74, 6) is -0.422. The summed E-state index contributed by atoms with van der Waals surface area (Å²) < 4.78 is 30.8. The number of anilines is 2. The van der Waals surface area contributed by atoms with Gasteiger partial charge in [-0.05, 0) is 76.3 Å². The summed E-state index contributed by atoms with van der Waals surface area (Å²) in [6.07, 6.45) is 8.12. The number of rotatable bonds is 8. The van der Waals surface area contributed by atoms with Crippen molar-refractivity contribution < 1.29 is 15.3 Å². The van der Waals surface area contributed by atoms with Gasteiger partial charge in [0.15, 0.2) is 0 Å². The Bertz CT molecular complexity index is 1800. The van der Waals surface area contributed by atoms with Gasteiger partial charge in [0.2, 0.25) is 0 Å². The van der Waals surface area contributed by atoms with Gasteiger partial charge in [0.25, 0.3) is 0 Å². The molecule has 2 aliphatic rings. The van der Waals surface area contributed by atoms with Crippen LogP contribution in [0.5, 0.6) is 0 Å². The number of hydrogen-bond donors (Lipinski definition) is 3. The number of nitrogens with zero attached hydrogens (tertiary/aromatic N) is 5. The van der Waals surface area contributed by atoms with Crippen LogP contribution in [0.1, 0.15) is 89.5 Å². The first-order valence-electron chi connectivity index (χ1n) is 15.7. The van der Waals surface area contributed by atoms with Crippen molar-refractivity contribution in [3.05, 3.63) is 76.5 Å². The Hall–Kier alpha value is -4.43. The highest BCUT2D eigenvalue weighted by Gasteiger charge is 2.30. The molecule has 2 aromatic carbocycles. The first-order chi connectivity index (χ1) is 21.9. The summed E-state index contributed by atoms with van der Waals surface area (Å²) in [6.45, 7) is 5.45. The number of hydrogen-bond acceptors (Lipinski definition) is 8. The summed E-state index contributed by atoms with van der Waals surface area (Å²) in [7, 11) is 0. The lowest BCUT2D eigenvalue weighted by molar-refractivity contribution is 0.0488. The molecule has 234 valence electrons. The van der Waals surface area contributed by atoms with Gasteiger partial charge in [-0.2, -0.15) is 5.26 Å². The van der Waals surface area contributed by atoms with Crippen LogP contribution in [0, 0.1) is 17.1 Å². The number of ether oxygens (including phenoxy) is 1. The second kappa shape index (κ2) is 12.5. The molecule has 4 aromatic rings. The molecule has 0 spiro atoms. The van der Waals surface area contributed by atoms with E-state index < -0.39 is 23.5 Å². The van der Waals surface area contributed by atoms with Crippen LogP contribution in [0.2, 0.25) is 5.02 Å². The second-order valence-corrected chi connectivity index (χ2v) is 13.0. The molecule has 2 aromatic heterocycles. The molecule has 3 N–H and O–H groups in total. The van der Waals surface area contributed by atoms with Gasteiger partial charge in [0.1, 0.15) is 23.2 Å². The van der Waals surface area contributed by atoms with Gasteiger partial charge in [-0.3, -0.25) is 4.98 Å². The number of halogens is 2. The Morgan fingerprint density at radius 3 is 2.60 bits per heavy atom. The van der Waals surface area contributed by atoms with E-state index in [1.165, 1.54) is 30.5 Å². The zero-order chi connectivity index (χ0) is 32.6. The lowest BCUT2D eigenvalue weighted by atomic mass is 9.89. The van der Waals surface area contributed by atoms with E-state index in [4.69, 9.17) is 16.3 Å². The summed E-state index contributed by atoms with van der Waals surface area (Å²) in [4.78, 5) is 17.2. The fourth-order valence-electron chi connectivity index (χ4n) is 5.65. The van der Waals surface area contributed by atoms with E-state index in [0.717, 1.165) is 38.5 Å². The van der Waals surface area contributed by atoms with Gasteiger partial charge in [0, 0.05) is 23.3 Å². The highest BCUT2D eigenvalue weighted by atomic mass is 35.5. The normalized spacial score (nSPS) is 20.0. The van der Waals surface area contributed by atoms with E-state index in [0.29, 0.717) is 44.1 Å². The van der Waals surface area contributed by atoms with E-state index in [-0.39, 0.29) is 18.1 Å². The van der Waals surface area contributed by atoms with Gasteiger partial charge < -0.3 is 20.7 Å². The van der Waals surface area contributed by atoms with Gasteiger partial charge in [-0.25, -0.2) is 13.9 Å². The minimum Gasteiger partial charge on any atom is -0.444 e. The molecule has 45 heavy (non-hydrogen) atoms. The molecule has 6 rings (SSSR count). The summed E-state index contributed by atoms with van der Waals surface area (Å²) in [6, 6.07) is 9.54. The van der Waals surface area contributed by atoms with Crippen molar-refractivity contribution in [2.45, 2.75) is 89.0 Å². The molecular formula is C33H36ClFN8O2. The first kappa shape index (κ1) is 29.3. The minimum atomic E-state index is -1.66. The molecule has 10 nitrogen and oxygen atoms in total. The number of carbonyl (C=O) groups excluding carboxylic acids is 1. The van der Waals surface area contributed by atoms with E-state index in [2.05, 4.69) is 37.3 Å². The molecule has 0 radical (unpaired) electrons. The monoisotopic (exact) mass is 631 g/mol. The maximum absolute atomic E-state index is 13.9. The molecule has 2 aliphatic carbocycles. The van der Waals surface area contributed by atoms with Crippen LogP contribution in [-0.2, 0) is 4.74 Å². The molecule has 1 amide bonds. The quantitative estimate of drug-likeness (QED) is 0.185. The highest BCUT2D eigenvalue weighted by molar-refractivity contribution is 6.35. The molecule has 2 fully saturated rings. The van der Waals surface area contributed by atoms with Crippen LogP contribution in [-0.4, -0.2) is 43.8 Å². The molecule has 0 unspecified atom stereocenters. The topological polar surface area (TPSA) is 130 Å².